The monoisotopic (exact) mass is 653 g/mol. The van der Waals surface area contributed by atoms with E-state index in [-0.39, 0.29) is 5.41 Å². The number of pyridine rings is 1. The molecular formula is C48H35N3. The number of hydrogen-bond donors (Lipinski definition) is 0. The molecule has 242 valence electrons. The topological polar surface area (TPSA) is 38.7 Å². The highest BCUT2D eigenvalue weighted by Gasteiger charge is 2.35. The van der Waals surface area contributed by atoms with E-state index in [1.807, 2.05) is 42.7 Å². The van der Waals surface area contributed by atoms with Gasteiger partial charge in [0.15, 0.2) is 5.82 Å². The molecule has 0 aliphatic heterocycles. The fraction of sp³-hybridized carbons (Fsp3) is 0.0625. The van der Waals surface area contributed by atoms with Crippen molar-refractivity contribution >= 4 is 0 Å². The van der Waals surface area contributed by atoms with E-state index in [1.165, 1.54) is 44.5 Å². The highest BCUT2D eigenvalue weighted by molar-refractivity contribution is 5.84. The Kier molecular flexibility index (Phi) is 7.48. The summed E-state index contributed by atoms with van der Waals surface area (Å²) < 4.78 is 0. The summed E-state index contributed by atoms with van der Waals surface area (Å²) in [6.45, 7) is 4.67. The molecule has 0 unspecified atom stereocenters. The first kappa shape index (κ1) is 30.6. The number of aromatic nitrogens is 3. The Morgan fingerprint density at radius 1 is 0.353 bits per heavy atom. The minimum Gasteiger partial charge on any atom is -0.265 e. The normalized spacial score (nSPS) is 12.7. The van der Waals surface area contributed by atoms with Crippen molar-refractivity contribution in [3.63, 3.8) is 0 Å². The van der Waals surface area contributed by atoms with Crippen LogP contribution in [0.25, 0.3) is 78.4 Å². The fourth-order valence-corrected chi connectivity index (χ4v) is 7.41. The maximum absolute atomic E-state index is 5.04. The third kappa shape index (κ3) is 5.63. The second-order valence-electron chi connectivity index (χ2n) is 13.7. The van der Waals surface area contributed by atoms with E-state index >= 15 is 0 Å². The molecule has 6 aromatic carbocycles. The third-order valence-electron chi connectivity index (χ3n) is 10.3. The van der Waals surface area contributed by atoms with Gasteiger partial charge in [-0.1, -0.05) is 153 Å². The van der Waals surface area contributed by atoms with Gasteiger partial charge in [0.25, 0.3) is 0 Å². The summed E-state index contributed by atoms with van der Waals surface area (Å²) in [7, 11) is 0. The molecular weight excluding hydrogens is 619 g/mol. The summed E-state index contributed by atoms with van der Waals surface area (Å²) in [4.78, 5) is 14.2. The van der Waals surface area contributed by atoms with Crippen molar-refractivity contribution in [2.45, 2.75) is 19.3 Å². The second kappa shape index (κ2) is 12.5. The Balaban J connectivity index is 1.01. The average Bonchev–Trinajstić information content (AvgIpc) is 3.44. The highest BCUT2D eigenvalue weighted by atomic mass is 14.9. The summed E-state index contributed by atoms with van der Waals surface area (Å²) in [5, 5.41) is 0. The number of rotatable bonds is 6. The zero-order valence-corrected chi connectivity index (χ0v) is 28.6. The SMILES string of the molecule is CC1(C)c2ccccc2-c2ccc(-c3ccc(-c4ccc(-c5cc(-c6ccc(-c7ccncc7)cc6)nc(-c6ccccc6)n5)cc4)cc3)cc21. The van der Waals surface area contributed by atoms with Crippen molar-refractivity contribution in [3.8, 4) is 78.4 Å². The molecule has 0 amide bonds. The first-order chi connectivity index (χ1) is 25.0. The average molecular weight is 654 g/mol. The van der Waals surface area contributed by atoms with Crippen LogP contribution in [0.2, 0.25) is 0 Å². The van der Waals surface area contributed by atoms with Crippen LogP contribution in [0, 0.1) is 0 Å². The van der Waals surface area contributed by atoms with E-state index in [4.69, 9.17) is 9.97 Å². The molecule has 1 aliphatic rings. The van der Waals surface area contributed by atoms with Gasteiger partial charge in [-0.25, -0.2) is 9.97 Å². The summed E-state index contributed by atoms with van der Waals surface area (Å²) in [6.07, 6.45) is 3.64. The summed E-state index contributed by atoms with van der Waals surface area (Å²) in [6, 6.07) is 58.2. The van der Waals surface area contributed by atoms with E-state index in [2.05, 4.69) is 152 Å². The van der Waals surface area contributed by atoms with Gasteiger partial charge in [0.2, 0.25) is 0 Å². The Morgan fingerprint density at radius 2 is 0.804 bits per heavy atom. The highest BCUT2D eigenvalue weighted by Crippen LogP contribution is 2.49. The number of hydrogen-bond acceptors (Lipinski definition) is 3. The Bertz CT molecular complexity index is 2500. The van der Waals surface area contributed by atoms with Crippen LogP contribution in [0.1, 0.15) is 25.0 Å². The van der Waals surface area contributed by atoms with Crippen molar-refractivity contribution in [2.24, 2.45) is 0 Å². The molecule has 3 nitrogen and oxygen atoms in total. The maximum Gasteiger partial charge on any atom is 0.160 e. The molecule has 3 heteroatoms. The van der Waals surface area contributed by atoms with E-state index < -0.39 is 0 Å². The van der Waals surface area contributed by atoms with Crippen molar-refractivity contribution in [2.75, 3.05) is 0 Å². The van der Waals surface area contributed by atoms with Crippen LogP contribution in [0.15, 0.2) is 176 Å². The molecule has 0 bridgehead atoms. The maximum atomic E-state index is 5.04. The number of nitrogens with zero attached hydrogens (tertiary/aromatic N) is 3. The van der Waals surface area contributed by atoms with Gasteiger partial charge < -0.3 is 0 Å². The summed E-state index contributed by atoms with van der Waals surface area (Å²) in [5.41, 5.74) is 17.4. The fourth-order valence-electron chi connectivity index (χ4n) is 7.41. The van der Waals surface area contributed by atoms with Crippen molar-refractivity contribution in [3.05, 3.63) is 187 Å². The largest absolute Gasteiger partial charge is 0.265 e. The Hall–Kier alpha value is -6.45. The van der Waals surface area contributed by atoms with E-state index in [9.17, 15) is 0 Å². The molecule has 9 rings (SSSR count). The molecule has 51 heavy (non-hydrogen) atoms. The first-order valence-electron chi connectivity index (χ1n) is 17.4. The minimum absolute atomic E-state index is 0.0129. The molecule has 0 saturated carbocycles. The standard InChI is InChI=1S/C48H35N3/c1-48(2)43-11-7-6-10-41(43)42-25-24-40(30-44(42)48)35-14-12-32(13-15-35)33-16-20-37(21-17-33)45-31-46(51-47(50-45)39-8-4-3-5-9-39)38-22-18-34(19-23-38)36-26-28-49-29-27-36/h3-31H,1-2H3. The minimum atomic E-state index is -0.0129. The zero-order chi connectivity index (χ0) is 34.4. The van der Waals surface area contributed by atoms with Gasteiger partial charge in [-0.15, -0.1) is 0 Å². The van der Waals surface area contributed by atoms with Crippen LogP contribution in [0.4, 0.5) is 0 Å². The lowest BCUT2D eigenvalue weighted by atomic mass is 9.81. The number of benzene rings is 6. The Labute approximate surface area is 299 Å². The van der Waals surface area contributed by atoms with Crippen LogP contribution in [-0.2, 0) is 5.41 Å². The van der Waals surface area contributed by atoms with Gasteiger partial charge in [-0.2, -0.15) is 0 Å². The molecule has 8 aromatic rings. The van der Waals surface area contributed by atoms with Gasteiger partial charge in [0.1, 0.15) is 0 Å². The lowest BCUT2D eigenvalue weighted by Crippen LogP contribution is -2.14. The smallest absolute Gasteiger partial charge is 0.160 e. The van der Waals surface area contributed by atoms with Crippen LogP contribution < -0.4 is 0 Å². The van der Waals surface area contributed by atoms with E-state index in [0.29, 0.717) is 5.82 Å². The van der Waals surface area contributed by atoms with Crippen LogP contribution in [0.3, 0.4) is 0 Å². The molecule has 0 N–H and O–H groups in total. The molecule has 0 spiro atoms. The van der Waals surface area contributed by atoms with Gasteiger partial charge in [-0.3, -0.25) is 4.98 Å². The van der Waals surface area contributed by atoms with Crippen LogP contribution >= 0.6 is 0 Å². The Morgan fingerprint density at radius 3 is 1.39 bits per heavy atom. The molecule has 1 aliphatic carbocycles. The van der Waals surface area contributed by atoms with Crippen molar-refractivity contribution < 1.29 is 0 Å². The quantitative estimate of drug-likeness (QED) is 0.179. The van der Waals surface area contributed by atoms with Gasteiger partial charge in [0.05, 0.1) is 11.4 Å². The molecule has 2 aromatic heterocycles. The predicted octanol–water partition coefficient (Wildman–Crippen LogP) is 12.2. The van der Waals surface area contributed by atoms with Crippen LogP contribution in [0.5, 0.6) is 0 Å². The van der Waals surface area contributed by atoms with Crippen LogP contribution in [-0.4, -0.2) is 15.0 Å². The van der Waals surface area contributed by atoms with Gasteiger partial charge in [-0.05, 0) is 79.9 Å². The third-order valence-corrected chi connectivity index (χ3v) is 10.3. The lowest BCUT2D eigenvalue weighted by Gasteiger charge is -2.22. The first-order valence-corrected chi connectivity index (χ1v) is 17.4. The molecule has 0 atom stereocenters. The second-order valence-corrected chi connectivity index (χ2v) is 13.7. The van der Waals surface area contributed by atoms with E-state index in [1.54, 1.807) is 0 Å². The molecule has 0 radical (unpaired) electrons. The number of fused-ring (bicyclic) bond motifs is 3. The predicted molar refractivity (Wildman–Crippen MR) is 210 cm³/mol. The van der Waals surface area contributed by atoms with E-state index in [0.717, 1.165) is 39.2 Å². The van der Waals surface area contributed by atoms with Gasteiger partial charge in [0, 0.05) is 34.5 Å². The molecule has 0 saturated heterocycles. The lowest BCUT2D eigenvalue weighted by molar-refractivity contribution is 0.660. The zero-order valence-electron chi connectivity index (χ0n) is 28.6. The molecule has 0 fully saturated rings. The van der Waals surface area contributed by atoms with Crippen molar-refractivity contribution in [1.29, 1.82) is 0 Å². The van der Waals surface area contributed by atoms with Crippen molar-refractivity contribution in [1.82, 2.24) is 15.0 Å². The summed E-state index contributed by atoms with van der Waals surface area (Å²) in [5.74, 6) is 0.708. The molecule has 2 heterocycles. The summed E-state index contributed by atoms with van der Waals surface area (Å²) >= 11 is 0. The van der Waals surface area contributed by atoms with Gasteiger partial charge >= 0.3 is 0 Å².